The number of anilines is 2. The normalized spacial score (nSPS) is 15.1. The highest BCUT2D eigenvalue weighted by molar-refractivity contribution is 7.92. The number of aryl methyl sites for hydroxylation is 2. The first kappa shape index (κ1) is 26.4. The van der Waals surface area contributed by atoms with E-state index in [-0.39, 0.29) is 10.9 Å². The van der Waals surface area contributed by atoms with Gasteiger partial charge in [-0.05, 0) is 73.0 Å². The minimum Gasteiger partial charge on any atom is -0.369 e. The van der Waals surface area contributed by atoms with Crippen LogP contribution in [0.3, 0.4) is 0 Å². The van der Waals surface area contributed by atoms with Crippen LogP contribution in [0.2, 0.25) is 0 Å². The molecule has 2 aromatic carbocycles. The SMILES string of the molecule is C=CC(N1CCN(c2cc(C)cc(C)c2)CC1)S(=O)(=O)c1ccc(NC(=O)NCc2cccnc2)cc1. The highest BCUT2D eigenvalue weighted by Gasteiger charge is 2.32. The van der Waals surface area contributed by atoms with E-state index in [9.17, 15) is 13.2 Å². The fourth-order valence-corrected chi connectivity index (χ4v) is 6.22. The molecule has 1 unspecified atom stereocenters. The van der Waals surface area contributed by atoms with Crippen molar-refractivity contribution >= 4 is 27.2 Å². The lowest BCUT2D eigenvalue weighted by Gasteiger charge is -2.39. The van der Waals surface area contributed by atoms with Gasteiger partial charge in [-0.25, -0.2) is 13.2 Å². The Balaban J connectivity index is 1.36. The van der Waals surface area contributed by atoms with Crippen LogP contribution >= 0.6 is 0 Å². The summed E-state index contributed by atoms with van der Waals surface area (Å²) >= 11 is 0. The first-order valence-corrected chi connectivity index (χ1v) is 13.8. The Morgan fingerprint density at radius 3 is 2.32 bits per heavy atom. The van der Waals surface area contributed by atoms with E-state index in [1.165, 1.54) is 35.0 Å². The summed E-state index contributed by atoms with van der Waals surface area (Å²) in [6.07, 6.45) is 4.85. The molecule has 1 aromatic heterocycles. The van der Waals surface area contributed by atoms with Gasteiger partial charge in [0.05, 0.1) is 4.90 Å². The number of hydrogen-bond acceptors (Lipinski definition) is 6. The molecule has 9 heteroatoms. The molecule has 8 nitrogen and oxygen atoms in total. The zero-order valence-corrected chi connectivity index (χ0v) is 22.0. The Hall–Kier alpha value is -3.69. The number of aromatic nitrogens is 1. The van der Waals surface area contributed by atoms with Crippen LogP contribution in [-0.2, 0) is 16.4 Å². The first-order chi connectivity index (χ1) is 17.8. The van der Waals surface area contributed by atoms with Crippen molar-refractivity contribution in [3.05, 3.63) is 96.3 Å². The summed E-state index contributed by atoms with van der Waals surface area (Å²) in [4.78, 5) is 20.7. The van der Waals surface area contributed by atoms with Crippen molar-refractivity contribution in [3.8, 4) is 0 Å². The van der Waals surface area contributed by atoms with E-state index in [4.69, 9.17) is 0 Å². The van der Waals surface area contributed by atoms with Crippen LogP contribution in [0.5, 0.6) is 0 Å². The third kappa shape index (κ3) is 6.55. The second-order valence-electron chi connectivity index (χ2n) is 9.23. The summed E-state index contributed by atoms with van der Waals surface area (Å²) in [5.74, 6) is 0. The fourth-order valence-electron chi connectivity index (χ4n) is 4.57. The molecule has 0 spiro atoms. The standard InChI is InChI=1S/C28H33N5O3S/c1-4-27(33-14-12-32(13-15-33)25-17-21(2)16-22(3)18-25)37(35,36)26-9-7-24(8-10-26)31-28(34)30-20-23-6-5-11-29-19-23/h4-11,16-19,27H,1,12-15,20H2,2-3H3,(H2,30,31,34). The fraction of sp³-hybridized carbons (Fsp3) is 0.286. The van der Waals surface area contributed by atoms with E-state index < -0.39 is 15.2 Å². The first-order valence-electron chi connectivity index (χ1n) is 12.2. The Kier molecular flexibility index (Phi) is 8.25. The number of sulfone groups is 1. The van der Waals surface area contributed by atoms with Gasteiger partial charge in [0.25, 0.3) is 0 Å². The van der Waals surface area contributed by atoms with Crippen molar-refractivity contribution in [2.75, 3.05) is 36.4 Å². The van der Waals surface area contributed by atoms with Crippen molar-refractivity contribution < 1.29 is 13.2 Å². The second kappa shape index (κ2) is 11.6. The van der Waals surface area contributed by atoms with Crippen molar-refractivity contribution in [1.29, 1.82) is 0 Å². The number of hydrogen-bond donors (Lipinski definition) is 2. The van der Waals surface area contributed by atoms with E-state index in [0.717, 1.165) is 18.7 Å². The molecule has 37 heavy (non-hydrogen) atoms. The Morgan fingerprint density at radius 1 is 1.05 bits per heavy atom. The predicted octanol–water partition coefficient (Wildman–Crippen LogP) is 4.13. The summed E-state index contributed by atoms with van der Waals surface area (Å²) in [6.45, 7) is 11.0. The quantitative estimate of drug-likeness (QED) is 0.435. The number of urea groups is 1. The number of rotatable bonds is 8. The molecular weight excluding hydrogens is 486 g/mol. The topological polar surface area (TPSA) is 94.6 Å². The third-order valence-electron chi connectivity index (χ3n) is 6.38. The summed E-state index contributed by atoms with van der Waals surface area (Å²) in [5, 5.41) is 4.65. The van der Waals surface area contributed by atoms with Crippen LogP contribution in [0, 0.1) is 13.8 Å². The van der Waals surface area contributed by atoms with E-state index in [2.05, 4.69) is 59.1 Å². The number of nitrogens with one attached hydrogen (secondary N) is 2. The number of amides is 2. The van der Waals surface area contributed by atoms with Gasteiger partial charge >= 0.3 is 6.03 Å². The van der Waals surface area contributed by atoms with Gasteiger partial charge in [0, 0.05) is 56.5 Å². The molecule has 4 rings (SSSR count). The molecule has 2 N–H and O–H groups in total. The highest BCUT2D eigenvalue weighted by atomic mass is 32.2. The number of benzene rings is 2. The number of carbonyl (C=O) groups excluding carboxylic acids is 1. The molecule has 2 heterocycles. The van der Waals surface area contributed by atoms with Crippen LogP contribution in [0.15, 0.2) is 84.5 Å². The summed E-state index contributed by atoms with van der Waals surface area (Å²) in [7, 11) is -3.68. The molecule has 194 valence electrons. The summed E-state index contributed by atoms with van der Waals surface area (Å²) < 4.78 is 26.9. The van der Waals surface area contributed by atoms with Crippen molar-refractivity contribution in [1.82, 2.24) is 15.2 Å². The summed E-state index contributed by atoms with van der Waals surface area (Å²) in [5.41, 5.74) is 4.98. The minimum atomic E-state index is -3.68. The molecule has 3 aromatic rings. The Bertz CT molecular complexity index is 1320. The van der Waals surface area contributed by atoms with Gasteiger partial charge < -0.3 is 15.5 Å². The van der Waals surface area contributed by atoms with Crippen molar-refractivity contribution in [3.63, 3.8) is 0 Å². The Morgan fingerprint density at radius 2 is 1.73 bits per heavy atom. The maximum Gasteiger partial charge on any atom is 0.319 e. The number of nitrogens with zero attached hydrogens (tertiary/aromatic N) is 3. The minimum absolute atomic E-state index is 0.190. The lowest BCUT2D eigenvalue weighted by molar-refractivity contribution is 0.251. The number of carbonyl (C=O) groups is 1. The third-order valence-corrected chi connectivity index (χ3v) is 8.44. The van der Waals surface area contributed by atoms with E-state index >= 15 is 0 Å². The van der Waals surface area contributed by atoms with Crippen LogP contribution in [0.25, 0.3) is 0 Å². The van der Waals surface area contributed by atoms with E-state index in [0.29, 0.717) is 25.3 Å². The maximum atomic E-state index is 13.5. The molecule has 1 aliphatic heterocycles. The average molecular weight is 520 g/mol. The van der Waals surface area contributed by atoms with Gasteiger partial charge in [-0.15, -0.1) is 6.58 Å². The van der Waals surface area contributed by atoms with Crippen molar-refractivity contribution in [2.24, 2.45) is 0 Å². The smallest absolute Gasteiger partial charge is 0.319 e. The predicted molar refractivity (Wildman–Crippen MR) is 147 cm³/mol. The van der Waals surface area contributed by atoms with Crippen LogP contribution < -0.4 is 15.5 Å². The van der Waals surface area contributed by atoms with Gasteiger partial charge in [0.15, 0.2) is 9.84 Å². The number of piperazine rings is 1. The van der Waals surface area contributed by atoms with Gasteiger partial charge in [-0.3, -0.25) is 9.88 Å². The molecule has 1 aliphatic rings. The van der Waals surface area contributed by atoms with Gasteiger partial charge in [0.1, 0.15) is 5.37 Å². The molecule has 0 radical (unpaired) electrons. The maximum absolute atomic E-state index is 13.5. The second-order valence-corrected chi connectivity index (χ2v) is 11.3. The van der Waals surface area contributed by atoms with E-state index in [1.54, 1.807) is 30.6 Å². The van der Waals surface area contributed by atoms with Gasteiger partial charge in [0.2, 0.25) is 0 Å². The monoisotopic (exact) mass is 519 g/mol. The Labute approximate surface area is 218 Å². The highest BCUT2D eigenvalue weighted by Crippen LogP contribution is 2.25. The summed E-state index contributed by atoms with van der Waals surface area (Å²) in [6, 6.07) is 16.0. The zero-order valence-electron chi connectivity index (χ0n) is 21.2. The van der Waals surface area contributed by atoms with Crippen LogP contribution in [-0.4, -0.2) is 55.9 Å². The molecule has 0 bridgehead atoms. The molecule has 1 atom stereocenters. The zero-order chi connectivity index (χ0) is 26.4. The van der Waals surface area contributed by atoms with Crippen LogP contribution in [0.1, 0.15) is 16.7 Å². The molecule has 1 saturated heterocycles. The molecule has 0 saturated carbocycles. The van der Waals surface area contributed by atoms with Gasteiger partial charge in [-0.2, -0.15) is 0 Å². The molecule has 1 fully saturated rings. The lowest BCUT2D eigenvalue weighted by Crippen LogP contribution is -2.52. The van der Waals surface area contributed by atoms with Crippen molar-refractivity contribution in [2.45, 2.75) is 30.7 Å². The number of pyridine rings is 1. The van der Waals surface area contributed by atoms with Crippen LogP contribution in [0.4, 0.5) is 16.2 Å². The van der Waals surface area contributed by atoms with E-state index in [1.807, 2.05) is 11.0 Å². The van der Waals surface area contributed by atoms with Gasteiger partial charge in [-0.1, -0.05) is 18.2 Å². The molecular formula is C28H33N5O3S. The molecule has 2 amide bonds. The molecule has 0 aliphatic carbocycles. The largest absolute Gasteiger partial charge is 0.369 e. The average Bonchev–Trinajstić information content (AvgIpc) is 2.88. The lowest BCUT2D eigenvalue weighted by atomic mass is 10.1.